The first-order valence-corrected chi connectivity index (χ1v) is 15.2. The van der Waals surface area contributed by atoms with Gasteiger partial charge in [-0.1, -0.05) is 60.7 Å². The van der Waals surface area contributed by atoms with Gasteiger partial charge in [-0.2, -0.15) is 5.10 Å². The highest BCUT2D eigenvalue weighted by Gasteiger charge is 2.42. The van der Waals surface area contributed by atoms with Crippen molar-refractivity contribution in [3.63, 3.8) is 0 Å². The molecule has 3 amide bonds. The Hall–Kier alpha value is -5.70. The minimum atomic E-state index is -1.14. The van der Waals surface area contributed by atoms with Crippen molar-refractivity contribution in [1.29, 1.82) is 0 Å². The molecule has 5 aromatic rings. The van der Waals surface area contributed by atoms with Crippen molar-refractivity contribution < 1.29 is 19.1 Å². The number of aromatic nitrogens is 2. The fourth-order valence-corrected chi connectivity index (χ4v) is 5.97. The fraction of sp³-hybridized carbons (Fsp3) is 0.189. The van der Waals surface area contributed by atoms with Gasteiger partial charge < -0.3 is 14.5 Å². The summed E-state index contributed by atoms with van der Waals surface area (Å²) in [5.74, 6) is -1.60. The molecule has 1 aliphatic heterocycles. The molecule has 1 unspecified atom stereocenters. The van der Waals surface area contributed by atoms with Gasteiger partial charge in [0.05, 0.1) is 24.7 Å². The smallest absolute Gasteiger partial charge is 0.247 e. The molecule has 1 atom stereocenters. The number of H-pyrrole nitrogens is 1. The Morgan fingerprint density at radius 1 is 0.848 bits per heavy atom. The zero-order valence-corrected chi connectivity index (χ0v) is 26.0. The van der Waals surface area contributed by atoms with Gasteiger partial charge in [-0.15, -0.1) is 0 Å². The first-order chi connectivity index (χ1) is 22.4. The van der Waals surface area contributed by atoms with Crippen LogP contribution in [-0.4, -0.2) is 47.6 Å². The number of para-hydroxylation sites is 3. The Morgan fingerprint density at radius 2 is 1.48 bits per heavy atom. The average molecular weight is 614 g/mol. The number of methoxy groups -OCH3 is 1. The number of fused-ring (bicyclic) bond motifs is 1. The summed E-state index contributed by atoms with van der Waals surface area (Å²) in [6, 6.07) is 33.2. The quantitative estimate of drug-likeness (QED) is 0.194. The lowest BCUT2D eigenvalue weighted by Gasteiger charge is -2.31. The van der Waals surface area contributed by atoms with Crippen molar-refractivity contribution in [2.45, 2.75) is 26.3 Å². The predicted octanol–water partition coefficient (Wildman–Crippen LogP) is 6.40. The number of rotatable bonds is 9. The third-order valence-electron chi connectivity index (χ3n) is 8.15. The van der Waals surface area contributed by atoms with E-state index < -0.39 is 11.8 Å². The van der Waals surface area contributed by atoms with Gasteiger partial charge in [-0.05, 0) is 67.9 Å². The zero-order chi connectivity index (χ0) is 32.2. The lowest BCUT2D eigenvalue weighted by molar-refractivity contribution is -0.132. The van der Waals surface area contributed by atoms with Crippen molar-refractivity contribution in [3.05, 3.63) is 121 Å². The van der Waals surface area contributed by atoms with E-state index in [0.717, 1.165) is 11.1 Å². The molecule has 0 spiro atoms. The van der Waals surface area contributed by atoms with E-state index in [0.29, 0.717) is 34.2 Å². The van der Waals surface area contributed by atoms with Gasteiger partial charge in [-0.3, -0.25) is 24.4 Å². The van der Waals surface area contributed by atoms with Crippen molar-refractivity contribution in [3.8, 4) is 16.9 Å². The lowest BCUT2D eigenvalue weighted by atomic mass is 9.95. The Kier molecular flexibility index (Phi) is 8.65. The monoisotopic (exact) mass is 613 g/mol. The van der Waals surface area contributed by atoms with Crippen LogP contribution in [0.5, 0.6) is 5.75 Å². The summed E-state index contributed by atoms with van der Waals surface area (Å²) in [5.41, 5.74) is 4.69. The number of aromatic amines is 1. The molecule has 46 heavy (non-hydrogen) atoms. The van der Waals surface area contributed by atoms with Gasteiger partial charge in [-0.25, -0.2) is 0 Å². The third kappa shape index (κ3) is 5.87. The van der Waals surface area contributed by atoms with Crippen molar-refractivity contribution in [2.75, 3.05) is 28.4 Å². The molecule has 0 radical (unpaired) electrons. The maximum absolute atomic E-state index is 14.7. The van der Waals surface area contributed by atoms with Gasteiger partial charge in [0.2, 0.25) is 17.7 Å². The molecule has 6 rings (SSSR count). The summed E-state index contributed by atoms with van der Waals surface area (Å²) in [6.07, 6.45) is 1.77. The number of carbonyl (C=O) groups is 3. The molecule has 0 saturated carbocycles. The third-order valence-corrected chi connectivity index (χ3v) is 8.15. The molecule has 9 nitrogen and oxygen atoms in total. The summed E-state index contributed by atoms with van der Waals surface area (Å²) in [4.78, 5) is 48.1. The molecule has 232 valence electrons. The van der Waals surface area contributed by atoms with Crippen LogP contribution < -0.4 is 19.4 Å². The highest BCUT2D eigenvalue weighted by atomic mass is 16.5. The number of nitrogens with zero attached hydrogens (tertiary/aromatic N) is 4. The number of carbonyl (C=O) groups excluding carboxylic acids is 3. The molecule has 0 aliphatic carbocycles. The first kappa shape index (κ1) is 30.3. The van der Waals surface area contributed by atoms with Crippen LogP contribution in [-0.2, 0) is 20.8 Å². The number of hydrogen-bond donors (Lipinski definition) is 1. The van der Waals surface area contributed by atoms with Gasteiger partial charge >= 0.3 is 0 Å². The van der Waals surface area contributed by atoms with E-state index in [9.17, 15) is 14.4 Å². The lowest BCUT2D eigenvalue weighted by Crippen LogP contribution is -2.48. The molecule has 0 saturated heterocycles. The molecule has 4 aromatic carbocycles. The topological polar surface area (TPSA) is 98.8 Å². The largest absolute Gasteiger partial charge is 0.497 e. The van der Waals surface area contributed by atoms with E-state index in [1.54, 1.807) is 41.3 Å². The van der Waals surface area contributed by atoms with E-state index >= 15 is 0 Å². The summed E-state index contributed by atoms with van der Waals surface area (Å²) >= 11 is 0. The number of ether oxygens (including phenoxy) is 1. The number of nitrogens with one attached hydrogen (secondary N) is 1. The minimum Gasteiger partial charge on any atom is -0.497 e. The van der Waals surface area contributed by atoms with Crippen molar-refractivity contribution >= 4 is 40.5 Å². The number of anilines is 4. The molecular weight excluding hydrogens is 578 g/mol. The van der Waals surface area contributed by atoms with Crippen LogP contribution >= 0.6 is 0 Å². The minimum absolute atomic E-state index is 0.0658. The molecule has 0 bridgehead atoms. The first-order valence-electron chi connectivity index (χ1n) is 15.2. The summed E-state index contributed by atoms with van der Waals surface area (Å²) in [5, 5.41) is 7.30. The van der Waals surface area contributed by atoms with Gasteiger partial charge in [0.15, 0.2) is 0 Å². The summed E-state index contributed by atoms with van der Waals surface area (Å²) in [6.45, 7) is 3.58. The summed E-state index contributed by atoms with van der Waals surface area (Å²) < 4.78 is 5.31. The van der Waals surface area contributed by atoms with E-state index in [1.807, 2.05) is 105 Å². The van der Waals surface area contributed by atoms with E-state index in [2.05, 4.69) is 10.2 Å². The van der Waals surface area contributed by atoms with Crippen LogP contribution in [0.3, 0.4) is 0 Å². The molecule has 0 fully saturated rings. The maximum atomic E-state index is 14.7. The van der Waals surface area contributed by atoms with E-state index in [1.165, 1.54) is 4.90 Å². The van der Waals surface area contributed by atoms with Gasteiger partial charge in [0, 0.05) is 35.1 Å². The van der Waals surface area contributed by atoms with Gasteiger partial charge in [0.25, 0.3) is 0 Å². The number of benzene rings is 4. The second kappa shape index (κ2) is 13.1. The molecule has 1 aliphatic rings. The molecule has 1 N–H and O–H groups in total. The molecule has 9 heteroatoms. The Balaban J connectivity index is 1.43. The number of amides is 3. The Labute approximate surface area is 268 Å². The van der Waals surface area contributed by atoms with Crippen LogP contribution in [0.1, 0.15) is 19.5 Å². The SMILES string of the molecule is COc1ccc(N(C(=O)CN2C(=O)C(Cc3[nH]ncc3-c3ccccc3)C(=O)N(c3ccccc3)c3ccccc32)C(C)C)cc1. The highest BCUT2D eigenvalue weighted by molar-refractivity contribution is 6.21. The normalized spacial score (nSPS) is 14.7. The zero-order valence-electron chi connectivity index (χ0n) is 26.0. The summed E-state index contributed by atoms with van der Waals surface area (Å²) in [7, 11) is 1.59. The van der Waals surface area contributed by atoms with Crippen molar-refractivity contribution in [1.82, 2.24) is 10.2 Å². The molecule has 2 heterocycles. The number of hydrogen-bond acceptors (Lipinski definition) is 5. The molecular formula is C37H35N5O4. The maximum Gasteiger partial charge on any atom is 0.247 e. The fourth-order valence-electron chi connectivity index (χ4n) is 5.97. The van der Waals surface area contributed by atoms with Crippen LogP contribution in [0.4, 0.5) is 22.7 Å². The Bertz CT molecular complexity index is 1840. The molecule has 1 aromatic heterocycles. The van der Waals surface area contributed by atoms with E-state index in [4.69, 9.17) is 4.74 Å². The van der Waals surface area contributed by atoms with Crippen LogP contribution in [0, 0.1) is 5.92 Å². The second-order valence-electron chi connectivity index (χ2n) is 11.4. The standard InChI is InChI=1S/C37H35N5O4/c1-25(2)41(28-18-20-29(46-3)21-19-28)35(43)24-40-33-16-10-11-17-34(33)42(27-14-8-5-9-15-27)37(45)30(36(40)44)22-32-31(23-38-39-32)26-12-6-4-7-13-26/h4-21,23,25,30H,22,24H2,1-3H3,(H,38,39). The van der Waals surface area contributed by atoms with Gasteiger partial charge in [0.1, 0.15) is 18.2 Å². The van der Waals surface area contributed by atoms with Crippen LogP contribution in [0.25, 0.3) is 11.1 Å². The highest BCUT2D eigenvalue weighted by Crippen LogP contribution is 2.40. The second-order valence-corrected chi connectivity index (χ2v) is 11.4. The predicted molar refractivity (Wildman–Crippen MR) is 179 cm³/mol. The van der Waals surface area contributed by atoms with Crippen LogP contribution in [0.2, 0.25) is 0 Å². The van der Waals surface area contributed by atoms with Crippen LogP contribution in [0.15, 0.2) is 115 Å². The van der Waals surface area contributed by atoms with E-state index in [-0.39, 0.29) is 30.8 Å². The van der Waals surface area contributed by atoms with Crippen molar-refractivity contribution in [2.24, 2.45) is 5.92 Å². The Morgan fingerprint density at radius 3 is 2.13 bits per heavy atom. The average Bonchev–Trinajstić information content (AvgIpc) is 3.53.